The second-order valence-corrected chi connectivity index (χ2v) is 8.11. The molecular formula is C20H14BrCl2N3O2. The van der Waals surface area contributed by atoms with Gasteiger partial charge in [-0.25, -0.2) is 4.98 Å². The largest absolute Gasteiger partial charge is 0.389 e. The van der Waals surface area contributed by atoms with Crippen molar-refractivity contribution in [2.75, 3.05) is 5.32 Å². The molecule has 0 aliphatic heterocycles. The molecule has 4 rings (SSSR count). The number of pyridine rings is 2. The zero-order valence-corrected chi connectivity index (χ0v) is 17.7. The number of nitrogens with one attached hydrogen (secondary N) is 2. The molecule has 0 aliphatic rings. The molecule has 2 aromatic carbocycles. The van der Waals surface area contributed by atoms with Gasteiger partial charge >= 0.3 is 0 Å². The summed E-state index contributed by atoms with van der Waals surface area (Å²) in [6.07, 6.45) is 0.877. The number of H-pyrrole nitrogens is 1. The van der Waals surface area contributed by atoms with Gasteiger partial charge in [-0.15, -0.1) is 0 Å². The highest BCUT2D eigenvalue weighted by Gasteiger charge is 2.16. The molecule has 5 nitrogen and oxygen atoms in total. The molecule has 1 atom stereocenters. The van der Waals surface area contributed by atoms with Crippen LogP contribution >= 0.6 is 39.1 Å². The standard InChI is InChI=1S/C20H14BrCl2N3O2/c1-9(27)10-6-14(22)18(15(23)7-10)26-19-12-4-5-24-20(28)17(12)13-8-11(21)2-3-16(13)25-19/h2-9,27H,1H3,(H,24,28)(H,25,26). The number of nitrogens with zero attached hydrogens (tertiary/aromatic N) is 1. The molecule has 0 spiro atoms. The molecule has 1 unspecified atom stereocenters. The summed E-state index contributed by atoms with van der Waals surface area (Å²) in [6.45, 7) is 1.64. The van der Waals surface area contributed by atoms with Crippen molar-refractivity contribution in [1.29, 1.82) is 0 Å². The molecule has 4 aromatic rings. The topological polar surface area (TPSA) is 78.0 Å². The molecule has 0 saturated carbocycles. The summed E-state index contributed by atoms with van der Waals surface area (Å²) in [5, 5.41) is 15.5. The molecule has 0 bridgehead atoms. The number of aromatic amines is 1. The van der Waals surface area contributed by atoms with Gasteiger partial charge in [-0.1, -0.05) is 39.1 Å². The Morgan fingerprint density at radius 3 is 2.54 bits per heavy atom. The van der Waals surface area contributed by atoms with Crippen molar-refractivity contribution >= 4 is 72.3 Å². The van der Waals surface area contributed by atoms with Gasteiger partial charge in [-0.3, -0.25) is 4.79 Å². The Hall–Kier alpha value is -2.12. The van der Waals surface area contributed by atoms with E-state index in [1.54, 1.807) is 31.3 Å². The van der Waals surface area contributed by atoms with E-state index in [1.165, 1.54) is 0 Å². The summed E-state index contributed by atoms with van der Waals surface area (Å²) in [4.78, 5) is 19.9. The third kappa shape index (κ3) is 3.37. The van der Waals surface area contributed by atoms with E-state index >= 15 is 0 Å². The molecule has 3 N–H and O–H groups in total. The number of anilines is 2. The third-order valence-corrected chi connectivity index (χ3v) is 5.56. The van der Waals surface area contributed by atoms with Crippen LogP contribution in [0.2, 0.25) is 10.0 Å². The minimum Gasteiger partial charge on any atom is -0.389 e. The van der Waals surface area contributed by atoms with Crippen LogP contribution < -0.4 is 10.9 Å². The summed E-state index contributed by atoms with van der Waals surface area (Å²) in [5.41, 5.74) is 1.51. The van der Waals surface area contributed by atoms with E-state index < -0.39 is 6.10 Å². The SMILES string of the molecule is CC(O)c1cc(Cl)c(Nc2nc3ccc(Br)cc3c3c(=O)[nH]ccc23)c(Cl)c1. The Morgan fingerprint density at radius 1 is 1.14 bits per heavy atom. The molecule has 2 aromatic heterocycles. The molecule has 2 heterocycles. The van der Waals surface area contributed by atoms with Gasteiger partial charge in [-0.2, -0.15) is 0 Å². The van der Waals surface area contributed by atoms with Crippen LogP contribution in [0.4, 0.5) is 11.5 Å². The van der Waals surface area contributed by atoms with Crippen molar-refractivity contribution in [3.05, 3.63) is 73.0 Å². The summed E-state index contributed by atoms with van der Waals surface area (Å²) in [6, 6.07) is 10.6. The number of rotatable bonds is 3. The Kier molecular flexibility index (Phi) is 5.05. The smallest absolute Gasteiger partial charge is 0.256 e. The third-order valence-electron chi connectivity index (χ3n) is 4.47. The molecule has 0 amide bonds. The van der Waals surface area contributed by atoms with Crippen LogP contribution in [0.25, 0.3) is 21.7 Å². The van der Waals surface area contributed by atoms with Crippen molar-refractivity contribution in [2.45, 2.75) is 13.0 Å². The van der Waals surface area contributed by atoms with E-state index in [0.717, 1.165) is 9.86 Å². The van der Waals surface area contributed by atoms with E-state index in [4.69, 9.17) is 23.2 Å². The number of halogens is 3. The van der Waals surface area contributed by atoms with Crippen molar-refractivity contribution in [3.8, 4) is 0 Å². The van der Waals surface area contributed by atoms with Crippen LogP contribution in [0.5, 0.6) is 0 Å². The van der Waals surface area contributed by atoms with Gasteiger partial charge in [-0.05, 0) is 48.9 Å². The van der Waals surface area contributed by atoms with Gasteiger partial charge in [0.1, 0.15) is 5.82 Å². The lowest BCUT2D eigenvalue weighted by Crippen LogP contribution is -2.08. The van der Waals surface area contributed by atoms with Gasteiger partial charge in [0.15, 0.2) is 0 Å². The quantitative estimate of drug-likeness (QED) is 0.318. The number of aliphatic hydroxyl groups excluding tert-OH is 1. The normalized spacial score (nSPS) is 12.5. The fourth-order valence-electron chi connectivity index (χ4n) is 3.10. The molecule has 28 heavy (non-hydrogen) atoms. The number of aromatic nitrogens is 2. The Morgan fingerprint density at radius 2 is 1.86 bits per heavy atom. The Bertz CT molecular complexity index is 1260. The van der Waals surface area contributed by atoms with E-state index in [-0.39, 0.29) is 5.56 Å². The molecule has 0 saturated heterocycles. The van der Waals surface area contributed by atoms with E-state index in [1.807, 2.05) is 18.2 Å². The average molecular weight is 479 g/mol. The lowest BCUT2D eigenvalue weighted by Gasteiger charge is -2.15. The minimum absolute atomic E-state index is 0.215. The van der Waals surface area contributed by atoms with Gasteiger partial charge in [0.2, 0.25) is 0 Å². The van der Waals surface area contributed by atoms with Gasteiger partial charge < -0.3 is 15.4 Å². The monoisotopic (exact) mass is 477 g/mol. The van der Waals surface area contributed by atoms with Crippen LogP contribution in [0.1, 0.15) is 18.6 Å². The first kappa shape index (κ1) is 19.2. The molecular weight excluding hydrogens is 465 g/mol. The fourth-order valence-corrected chi connectivity index (χ4v) is 4.06. The second-order valence-electron chi connectivity index (χ2n) is 6.38. The number of hydrogen-bond acceptors (Lipinski definition) is 4. The summed E-state index contributed by atoms with van der Waals surface area (Å²) in [7, 11) is 0. The number of benzene rings is 2. The molecule has 142 valence electrons. The Balaban J connectivity index is 1.96. The predicted molar refractivity (Wildman–Crippen MR) is 118 cm³/mol. The lowest BCUT2D eigenvalue weighted by atomic mass is 10.1. The van der Waals surface area contributed by atoms with E-state index in [0.29, 0.717) is 43.4 Å². The highest BCUT2D eigenvalue weighted by atomic mass is 79.9. The van der Waals surface area contributed by atoms with Gasteiger partial charge in [0, 0.05) is 21.4 Å². The van der Waals surface area contributed by atoms with Crippen LogP contribution in [-0.4, -0.2) is 15.1 Å². The fraction of sp³-hybridized carbons (Fsp3) is 0.100. The molecule has 8 heteroatoms. The first-order valence-corrected chi connectivity index (χ1v) is 9.94. The minimum atomic E-state index is -0.694. The van der Waals surface area contributed by atoms with Gasteiger partial charge in [0.25, 0.3) is 5.56 Å². The van der Waals surface area contributed by atoms with Gasteiger partial charge in [0.05, 0.1) is 32.7 Å². The number of hydrogen-bond donors (Lipinski definition) is 3. The first-order valence-electron chi connectivity index (χ1n) is 8.40. The first-order chi connectivity index (χ1) is 13.3. The molecule has 0 radical (unpaired) electrons. The van der Waals surface area contributed by atoms with Crippen molar-refractivity contribution in [3.63, 3.8) is 0 Å². The highest BCUT2D eigenvalue weighted by molar-refractivity contribution is 9.10. The zero-order valence-electron chi connectivity index (χ0n) is 14.6. The average Bonchev–Trinajstić information content (AvgIpc) is 2.64. The maximum Gasteiger partial charge on any atom is 0.256 e. The molecule has 0 fully saturated rings. The van der Waals surface area contributed by atoms with Crippen molar-refractivity contribution in [1.82, 2.24) is 9.97 Å². The van der Waals surface area contributed by atoms with Crippen molar-refractivity contribution < 1.29 is 5.11 Å². The van der Waals surface area contributed by atoms with Crippen LogP contribution in [0.3, 0.4) is 0 Å². The maximum atomic E-state index is 12.6. The summed E-state index contributed by atoms with van der Waals surface area (Å²) < 4.78 is 0.854. The zero-order chi connectivity index (χ0) is 20.0. The highest BCUT2D eigenvalue weighted by Crippen LogP contribution is 2.37. The number of aliphatic hydroxyl groups is 1. The molecule has 0 aliphatic carbocycles. The van der Waals surface area contributed by atoms with Crippen LogP contribution in [-0.2, 0) is 0 Å². The maximum absolute atomic E-state index is 12.6. The number of fused-ring (bicyclic) bond motifs is 3. The lowest BCUT2D eigenvalue weighted by molar-refractivity contribution is 0.199. The van der Waals surface area contributed by atoms with Crippen LogP contribution in [0, 0.1) is 0 Å². The van der Waals surface area contributed by atoms with Crippen LogP contribution in [0.15, 0.2) is 51.9 Å². The predicted octanol–water partition coefficient (Wildman–Crippen LogP) is 5.94. The second kappa shape index (κ2) is 7.37. The van der Waals surface area contributed by atoms with Crippen molar-refractivity contribution in [2.24, 2.45) is 0 Å². The van der Waals surface area contributed by atoms with E-state index in [2.05, 4.69) is 31.2 Å². The summed E-state index contributed by atoms with van der Waals surface area (Å²) in [5.74, 6) is 0.463. The Labute approximate surface area is 178 Å². The summed E-state index contributed by atoms with van der Waals surface area (Å²) >= 11 is 16.2. The van der Waals surface area contributed by atoms with E-state index in [9.17, 15) is 9.90 Å².